The van der Waals surface area contributed by atoms with Crippen molar-refractivity contribution in [2.24, 2.45) is 5.73 Å². The third kappa shape index (κ3) is 4.03. The molecule has 1 fully saturated rings. The predicted octanol–water partition coefficient (Wildman–Crippen LogP) is 0.632. The number of amides is 3. The summed E-state index contributed by atoms with van der Waals surface area (Å²) in [7, 11) is 0. The van der Waals surface area contributed by atoms with Crippen molar-refractivity contribution in [3.05, 3.63) is 65.0 Å². The van der Waals surface area contributed by atoms with E-state index in [1.165, 1.54) is 0 Å². The van der Waals surface area contributed by atoms with Crippen LogP contribution in [0.2, 0.25) is 0 Å². The Balaban J connectivity index is 1.37. The van der Waals surface area contributed by atoms with Crippen molar-refractivity contribution in [3.63, 3.8) is 0 Å². The summed E-state index contributed by atoms with van der Waals surface area (Å²) < 4.78 is 0. The molecule has 150 valence electrons. The average Bonchev–Trinajstić information content (AvgIpc) is 3.04. The normalized spacial score (nSPS) is 19.8. The molecule has 4 rings (SSSR count). The zero-order chi connectivity index (χ0) is 20.4. The molecule has 3 heterocycles. The van der Waals surface area contributed by atoms with Crippen molar-refractivity contribution < 1.29 is 14.4 Å². The van der Waals surface area contributed by atoms with E-state index in [1.807, 2.05) is 30.3 Å². The average molecular weight is 393 g/mol. The van der Waals surface area contributed by atoms with E-state index in [9.17, 15) is 14.4 Å². The van der Waals surface area contributed by atoms with Crippen LogP contribution in [0, 0.1) is 0 Å². The van der Waals surface area contributed by atoms with Gasteiger partial charge >= 0.3 is 0 Å². The van der Waals surface area contributed by atoms with Crippen LogP contribution < -0.4 is 16.4 Å². The van der Waals surface area contributed by atoms with Gasteiger partial charge in [0.2, 0.25) is 11.8 Å². The van der Waals surface area contributed by atoms with Gasteiger partial charge in [0.15, 0.2) is 0 Å². The predicted molar refractivity (Wildman–Crippen MR) is 105 cm³/mol. The number of imide groups is 1. The number of fused-ring (bicyclic) bond motifs is 1. The first-order chi connectivity index (χ1) is 14.0. The Morgan fingerprint density at radius 1 is 1.24 bits per heavy atom. The summed E-state index contributed by atoms with van der Waals surface area (Å²) in [5.41, 5.74) is 9.53. The summed E-state index contributed by atoms with van der Waals surface area (Å²) in [6.45, 7) is 1.57. The molecular weight excluding hydrogens is 370 g/mol. The van der Waals surface area contributed by atoms with Gasteiger partial charge in [-0.3, -0.25) is 24.7 Å². The molecule has 0 saturated carbocycles. The van der Waals surface area contributed by atoms with Crippen molar-refractivity contribution in [3.8, 4) is 0 Å². The number of nitrogens with one attached hydrogen (secondary N) is 2. The number of pyridine rings is 1. The lowest BCUT2D eigenvalue weighted by atomic mass is 10.0. The number of hydrogen-bond acceptors (Lipinski definition) is 6. The highest BCUT2D eigenvalue weighted by molar-refractivity contribution is 6.05. The molecule has 8 heteroatoms. The Morgan fingerprint density at radius 3 is 2.86 bits per heavy atom. The Labute approximate surface area is 168 Å². The van der Waals surface area contributed by atoms with E-state index < -0.39 is 11.9 Å². The van der Waals surface area contributed by atoms with Gasteiger partial charge in [0.05, 0.1) is 11.7 Å². The minimum Gasteiger partial charge on any atom is -0.322 e. The van der Waals surface area contributed by atoms with Crippen LogP contribution >= 0.6 is 0 Å². The molecule has 4 N–H and O–H groups in total. The maximum Gasteiger partial charge on any atom is 0.255 e. The van der Waals surface area contributed by atoms with Gasteiger partial charge in [0.25, 0.3) is 5.91 Å². The molecule has 29 heavy (non-hydrogen) atoms. The highest BCUT2D eigenvalue weighted by Gasteiger charge is 2.38. The number of benzene rings is 1. The Bertz CT molecular complexity index is 947. The van der Waals surface area contributed by atoms with E-state index in [0.29, 0.717) is 31.6 Å². The van der Waals surface area contributed by atoms with E-state index in [2.05, 4.69) is 15.6 Å². The molecule has 2 aromatic rings. The molecule has 8 nitrogen and oxygen atoms in total. The third-order valence-corrected chi connectivity index (χ3v) is 5.35. The number of carbonyl (C=O) groups excluding carboxylic acids is 3. The number of hydrogen-bond donors (Lipinski definition) is 3. The number of nitrogens with zero attached hydrogens (tertiary/aromatic N) is 2. The van der Waals surface area contributed by atoms with Crippen molar-refractivity contribution in [1.29, 1.82) is 0 Å². The fourth-order valence-electron chi connectivity index (χ4n) is 3.81. The van der Waals surface area contributed by atoms with Gasteiger partial charge < -0.3 is 16.0 Å². The molecule has 1 saturated heterocycles. The van der Waals surface area contributed by atoms with Crippen LogP contribution in [0.4, 0.5) is 0 Å². The fourth-order valence-corrected chi connectivity index (χ4v) is 3.81. The van der Waals surface area contributed by atoms with Gasteiger partial charge in [-0.25, -0.2) is 0 Å². The molecule has 2 aliphatic rings. The van der Waals surface area contributed by atoms with Gasteiger partial charge in [0, 0.05) is 37.8 Å². The summed E-state index contributed by atoms with van der Waals surface area (Å²) in [4.78, 5) is 42.0. The van der Waals surface area contributed by atoms with E-state index in [4.69, 9.17) is 5.73 Å². The van der Waals surface area contributed by atoms with Crippen molar-refractivity contribution >= 4 is 17.7 Å². The van der Waals surface area contributed by atoms with Gasteiger partial charge in [-0.1, -0.05) is 18.2 Å². The highest BCUT2D eigenvalue weighted by Crippen LogP contribution is 2.28. The SMILES string of the molecule is NC(CNCc1ccc2c(c1)CN(C1CCC(=O)NC1=O)C2=O)c1ccccn1. The Kier molecular flexibility index (Phi) is 5.37. The second kappa shape index (κ2) is 8.10. The lowest BCUT2D eigenvalue weighted by Gasteiger charge is -2.29. The molecule has 3 amide bonds. The fraction of sp³-hybridized carbons (Fsp3) is 0.333. The molecule has 1 aromatic carbocycles. The molecule has 2 atom stereocenters. The number of rotatable bonds is 6. The van der Waals surface area contributed by atoms with Gasteiger partial charge in [-0.05, 0) is 35.7 Å². The van der Waals surface area contributed by atoms with Gasteiger partial charge in [-0.15, -0.1) is 0 Å². The van der Waals surface area contributed by atoms with Crippen LogP contribution in [-0.2, 0) is 22.7 Å². The first-order valence-corrected chi connectivity index (χ1v) is 9.66. The number of piperidine rings is 1. The second-order valence-electron chi connectivity index (χ2n) is 7.38. The highest BCUT2D eigenvalue weighted by atomic mass is 16.2. The second-order valence-corrected chi connectivity index (χ2v) is 7.38. The van der Waals surface area contributed by atoms with Crippen LogP contribution in [0.15, 0.2) is 42.6 Å². The van der Waals surface area contributed by atoms with E-state index in [1.54, 1.807) is 17.2 Å². The summed E-state index contributed by atoms with van der Waals surface area (Å²) in [5.74, 6) is -0.841. The minimum absolute atomic E-state index is 0.161. The third-order valence-electron chi connectivity index (χ3n) is 5.35. The van der Waals surface area contributed by atoms with Crippen LogP contribution in [0.25, 0.3) is 0 Å². The largest absolute Gasteiger partial charge is 0.322 e. The number of aromatic nitrogens is 1. The Morgan fingerprint density at radius 2 is 2.10 bits per heavy atom. The summed E-state index contributed by atoms with van der Waals surface area (Å²) in [6, 6.07) is 10.6. The molecule has 2 aliphatic heterocycles. The quantitative estimate of drug-likeness (QED) is 0.620. The standard InChI is InChI=1S/C21H23N5O3/c22-16(17-3-1-2-8-24-17)11-23-10-13-4-5-15-14(9-13)12-26(21(15)29)18-6-7-19(27)25-20(18)28/h1-5,8-9,16,18,23H,6-7,10-12,22H2,(H,25,27,28). The zero-order valence-corrected chi connectivity index (χ0v) is 15.9. The van der Waals surface area contributed by atoms with E-state index in [-0.39, 0.29) is 24.3 Å². The van der Waals surface area contributed by atoms with Crippen LogP contribution in [0.3, 0.4) is 0 Å². The maximum atomic E-state index is 12.7. The summed E-state index contributed by atoms with van der Waals surface area (Å²) in [5, 5.41) is 5.64. The van der Waals surface area contributed by atoms with Crippen molar-refractivity contribution in [2.45, 2.75) is 38.0 Å². The summed E-state index contributed by atoms with van der Waals surface area (Å²) in [6.07, 6.45) is 2.34. The number of nitrogens with two attached hydrogens (primary N) is 1. The molecule has 2 unspecified atom stereocenters. The zero-order valence-electron chi connectivity index (χ0n) is 15.9. The lowest BCUT2D eigenvalue weighted by molar-refractivity contribution is -0.136. The van der Waals surface area contributed by atoms with E-state index >= 15 is 0 Å². The molecule has 0 radical (unpaired) electrons. The lowest BCUT2D eigenvalue weighted by Crippen LogP contribution is -2.52. The van der Waals surface area contributed by atoms with Crippen LogP contribution in [0.1, 0.15) is 46.1 Å². The first-order valence-electron chi connectivity index (χ1n) is 9.66. The smallest absolute Gasteiger partial charge is 0.255 e. The summed E-state index contributed by atoms with van der Waals surface area (Å²) >= 11 is 0. The van der Waals surface area contributed by atoms with Crippen molar-refractivity contribution in [1.82, 2.24) is 20.5 Å². The molecule has 0 bridgehead atoms. The monoisotopic (exact) mass is 393 g/mol. The topological polar surface area (TPSA) is 117 Å². The van der Waals surface area contributed by atoms with Gasteiger partial charge in [0.1, 0.15) is 6.04 Å². The molecular formula is C21H23N5O3. The number of carbonyl (C=O) groups is 3. The van der Waals surface area contributed by atoms with Crippen molar-refractivity contribution in [2.75, 3.05) is 6.54 Å². The molecule has 1 aromatic heterocycles. The molecule has 0 spiro atoms. The maximum absolute atomic E-state index is 12.7. The van der Waals surface area contributed by atoms with Gasteiger partial charge in [-0.2, -0.15) is 0 Å². The molecule has 0 aliphatic carbocycles. The van der Waals surface area contributed by atoms with E-state index in [0.717, 1.165) is 16.8 Å². The Hall–Kier alpha value is -3.10. The van der Waals surface area contributed by atoms with Crippen LogP contribution in [-0.4, -0.2) is 40.2 Å². The van der Waals surface area contributed by atoms with Crippen LogP contribution in [0.5, 0.6) is 0 Å². The first kappa shape index (κ1) is 19.2. The minimum atomic E-state index is -0.592.